The smallest absolute Gasteiger partial charge is 0.351 e. The van der Waals surface area contributed by atoms with Gasteiger partial charge >= 0.3 is 9.28 Å². The summed E-state index contributed by atoms with van der Waals surface area (Å²) < 4.78 is 11.5. The van der Waals surface area contributed by atoms with Gasteiger partial charge in [-0.1, -0.05) is 30.3 Å². The summed E-state index contributed by atoms with van der Waals surface area (Å²) in [7, 11) is -1.68. The highest BCUT2D eigenvalue weighted by atomic mass is 28.3. The second-order valence-electron chi connectivity index (χ2n) is 3.92. The van der Waals surface area contributed by atoms with Crippen molar-refractivity contribution in [3.05, 3.63) is 41.1 Å². The van der Waals surface area contributed by atoms with Gasteiger partial charge in [0.05, 0.1) is 0 Å². The predicted molar refractivity (Wildman–Crippen MR) is 75.1 cm³/mol. The maximum Gasteiger partial charge on any atom is 0.351 e. The normalized spacial score (nSPS) is 12.8. The number of allylic oxidation sites excluding steroid dienone is 2. The van der Waals surface area contributed by atoms with Crippen LogP contribution in [-0.4, -0.2) is 22.5 Å². The zero-order valence-electron chi connectivity index (χ0n) is 11.2. The minimum atomic E-state index is -1.68. The lowest BCUT2D eigenvalue weighted by Gasteiger charge is -2.18. The fourth-order valence-electron chi connectivity index (χ4n) is 1.69. The SMILES string of the molecule is CCO[SiH](OCC)C(C)=C(C)c1ccccc1. The van der Waals surface area contributed by atoms with E-state index in [0.29, 0.717) is 0 Å². The predicted octanol–water partition coefficient (Wildman–Crippen LogP) is 3.31. The van der Waals surface area contributed by atoms with Crippen LogP contribution in [0.4, 0.5) is 0 Å². The van der Waals surface area contributed by atoms with Crippen molar-refractivity contribution in [2.45, 2.75) is 27.7 Å². The Kier molecular flexibility index (Phi) is 6.19. The van der Waals surface area contributed by atoms with Gasteiger partial charge in [-0.15, -0.1) is 0 Å². The molecule has 0 radical (unpaired) electrons. The summed E-state index contributed by atoms with van der Waals surface area (Å²) in [4.78, 5) is 0. The molecule has 0 aliphatic carbocycles. The Balaban J connectivity index is 2.93. The minimum Gasteiger partial charge on any atom is -0.394 e. The molecule has 0 fully saturated rings. The van der Waals surface area contributed by atoms with Crippen molar-refractivity contribution in [1.29, 1.82) is 0 Å². The van der Waals surface area contributed by atoms with E-state index >= 15 is 0 Å². The van der Waals surface area contributed by atoms with E-state index in [1.54, 1.807) is 0 Å². The first kappa shape index (κ1) is 14.2. The molecule has 0 saturated carbocycles. The fourth-order valence-corrected chi connectivity index (χ4v) is 3.42. The molecule has 0 bridgehead atoms. The van der Waals surface area contributed by atoms with Crippen molar-refractivity contribution >= 4 is 14.9 Å². The zero-order valence-corrected chi connectivity index (χ0v) is 12.3. The molecule has 0 heterocycles. The van der Waals surface area contributed by atoms with Gasteiger partial charge in [-0.2, -0.15) is 0 Å². The highest BCUT2D eigenvalue weighted by Crippen LogP contribution is 2.20. The minimum absolute atomic E-state index is 0.719. The molecule has 0 amide bonds. The van der Waals surface area contributed by atoms with E-state index in [4.69, 9.17) is 8.85 Å². The van der Waals surface area contributed by atoms with Gasteiger partial charge in [0.15, 0.2) is 0 Å². The van der Waals surface area contributed by atoms with Crippen molar-refractivity contribution < 1.29 is 8.85 Å². The highest BCUT2D eigenvalue weighted by molar-refractivity contribution is 6.55. The Hall–Kier alpha value is -0.903. The maximum atomic E-state index is 5.75. The van der Waals surface area contributed by atoms with E-state index in [-0.39, 0.29) is 0 Å². The molecular formula is C14H22O2Si. The summed E-state index contributed by atoms with van der Waals surface area (Å²) in [5, 5.41) is 1.28. The third kappa shape index (κ3) is 4.11. The van der Waals surface area contributed by atoms with Gasteiger partial charge in [-0.05, 0) is 44.0 Å². The zero-order chi connectivity index (χ0) is 12.7. The molecule has 0 N–H and O–H groups in total. The molecule has 1 aromatic carbocycles. The van der Waals surface area contributed by atoms with Crippen LogP contribution in [-0.2, 0) is 8.85 Å². The largest absolute Gasteiger partial charge is 0.394 e. The van der Waals surface area contributed by atoms with Crippen LogP contribution in [0.25, 0.3) is 5.57 Å². The molecular weight excluding hydrogens is 228 g/mol. The average Bonchev–Trinajstić information content (AvgIpc) is 2.38. The Morgan fingerprint density at radius 3 is 2.00 bits per heavy atom. The molecule has 94 valence electrons. The van der Waals surface area contributed by atoms with Crippen LogP contribution in [0.2, 0.25) is 0 Å². The second kappa shape index (κ2) is 7.43. The maximum absolute atomic E-state index is 5.75. The Morgan fingerprint density at radius 1 is 1.00 bits per heavy atom. The van der Waals surface area contributed by atoms with Crippen LogP contribution in [0.5, 0.6) is 0 Å². The topological polar surface area (TPSA) is 18.5 Å². The average molecular weight is 250 g/mol. The highest BCUT2D eigenvalue weighted by Gasteiger charge is 2.17. The third-order valence-corrected chi connectivity index (χ3v) is 5.20. The molecule has 0 saturated heterocycles. The Morgan fingerprint density at radius 2 is 1.53 bits per heavy atom. The number of hydrogen-bond acceptors (Lipinski definition) is 2. The first-order chi connectivity index (χ1) is 8.20. The van der Waals surface area contributed by atoms with Gasteiger partial charge in [-0.25, -0.2) is 0 Å². The summed E-state index contributed by atoms with van der Waals surface area (Å²) in [5.41, 5.74) is 2.53. The first-order valence-electron chi connectivity index (χ1n) is 6.16. The van der Waals surface area contributed by atoms with Crippen molar-refractivity contribution in [3.8, 4) is 0 Å². The van der Waals surface area contributed by atoms with Crippen LogP contribution < -0.4 is 0 Å². The van der Waals surface area contributed by atoms with E-state index in [9.17, 15) is 0 Å². The second-order valence-corrected chi connectivity index (χ2v) is 6.11. The molecule has 0 unspecified atom stereocenters. The van der Waals surface area contributed by atoms with Crippen molar-refractivity contribution in [2.24, 2.45) is 0 Å². The summed E-state index contributed by atoms with van der Waals surface area (Å²) in [6, 6.07) is 10.4. The molecule has 0 aromatic heterocycles. The number of hydrogen-bond donors (Lipinski definition) is 0. The Labute approximate surface area is 106 Å². The van der Waals surface area contributed by atoms with Crippen LogP contribution in [0.3, 0.4) is 0 Å². The quantitative estimate of drug-likeness (QED) is 0.721. The van der Waals surface area contributed by atoms with Crippen LogP contribution >= 0.6 is 0 Å². The molecule has 17 heavy (non-hydrogen) atoms. The van der Waals surface area contributed by atoms with Gasteiger partial charge in [-0.3, -0.25) is 0 Å². The Bertz CT molecular complexity index is 354. The lowest BCUT2D eigenvalue weighted by atomic mass is 10.1. The van der Waals surface area contributed by atoms with Crippen molar-refractivity contribution in [2.75, 3.05) is 13.2 Å². The first-order valence-corrected chi connectivity index (χ1v) is 7.68. The molecule has 0 atom stereocenters. The summed E-state index contributed by atoms with van der Waals surface area (Å²) in [6.07, 6.45) is 0. The van der Waals surface area contributed by atoms with E-state index in [1.165, 1.54) is 16.3 Å². The summed E-state index contributed by atoms with van der Waals surface area (Å²) >= 11 is 0. The number of rotatable bonds is 6. The molecule has 3 heteroatoms. The molecule has 1 rings (SSSR count). The van der Waals surface area contributed by atoms with Gasteiger partial charge in [0.25, 0.3) is 0 Å². The lowest BCUT2D eigenvalue weighted by molar-refractivity contribution is 0.221. The molecule has 0 aliphatic heterocycles. The summed E-state index contributed by atoms with van der Waals surface area (Å²) in [5.74, 6) is 0. The van der Waals surface area contributed by atoms with Gasteiger partial charge in [0, 0.05) is 13.2 Å². The summed E-state index contributed by atoms with van der Waals surface area (Å²) in [6.45, 7) is 9.74. The standard InChI is InChI=1S/C14H22O2Si/c1-5-15-17(16-6-2)13(4)12(3)14-10-8-7-9-11-14/h7-11,17H,5-6H2,1-4H3. The van der Waals surface area contributed by atoms with Crippen LogP contribution in [0.15, 0.2) is 35.5 Å². The van der Waals surface area contributed by atoms with E-state index in [1.807, 2.05) is 19.9 Å². The molecule has 2 nitrogen and oxygen atoms in total. The number of benzene rings is 1. The van der Waals surface area contributed by atoms with Gasteiger partial charge < -0.3 is 8.85 Å². The van der Waals surface area contributed by atoms with Crippen LogP contribution in [0.1, 0.15) is 33.3 Å². The van der Waals surface area contributed by atoms with E-state index < -0.39 is 9.28 Å². The van der Waals surface area contributed by atoms with Crippen molar-refractivity contribution in [3.63, 3.8) is 0 Å². The van der Waals surface area contributed by atoms with Gasteiger partial charge in [0.1, 0.15) is 0 Å². The van der Waals surface area contributed by atoms with E-state index in [2.05, 4.69) is 38.1 Å². The van der Waals surface area contributed by atoms with Crippen LogP contribution in [0, 0.1) is 0 Å². The third-order valence-electron chi connectivity index (χ3n) is 2.79. The van der Waals surface area contributed by atoms with Crippen molar-refractivity contribution in [1.82, 2.24) is 0 Å². The molecule has 0 spiro atoms. The van der Waals surface area contributed by atoms with Gasteiger partial charge in [0.2, 0.25) is 0 Å². The fraction of sp³-hybridized carbons (Fsp3) is 0.429. The monoisotopic (exact) mass is 250 g/mol. The molecule has 1 aromatic rings. The van der Waals surface area contributed by atoms with E-state index in [0.717, 1.165) is 13.2 Å². The lowest BCUT2D eigenvalue weighted by Crippen LogP contribution is -2.25. The molecule has 0 aliphatic rings.